The third-order valence-corrected chi connectivity index (χ3v) is 13.3. The molecule has 378 valence electrons. The summed E-state index contributed by atoms with van der Waals surface area (Å²) in [6.07, 6.45) is 61.1. The predicted octanol–water partition coefficient (Wildman–Crippen LogP) is 17.5. The monoisotopic (exact) mass is 902 g/mol. The number of aliphatic hydroxyl groups excluding tert-OH is 2. The summed E-state index contributed by atoms with van der Waals surface area (Å²) in [6.45, 7) is 6.47. The normalized spacial score (nSPS) is 13.3. The van der Waals surface area contributed by atoms with Gasteiger partial charge in [0.15, 0.2) is 0 Å². The Hall–Kier alpha value is -1.66. The molecular formula is C58H111NO5. The van der Waals surface area contributed by atoms with Gasteiger partial charge in [0.25, 0.3) is 0 Å². The summed E-state index contributed by atoms with van der Waals surface area (Å²) in [7, 11) is 0. The molecule has 6 heteroatoms. The molecule has 0 aliphatic carbocycles. The number of hydrogen-bond donors (Lipinski definition) is 3. The molecule has 3 unspecified atom stereocenters. The largest absolute Gasteiger partial charge is 0.462 e. The van der Waals surface area contributed by atoms with Gasteiger partial charge in [-0.1, -0.05) is 263 Å². The Morgan fingerprint density at radius 2 is 0.797 bits per heavy atom. The molecule has 0 fully saturated rings. The number of hydrogen-bond acceptors (Lipinski definition) is 5. The van der Waals surface area contributed by atoms with Crippen molar-refractivity contribution in [1.82, 2.24) is 5.32 Å². The minimum Gasteiger partial charge on any atom is -0.462 e. The Morgan fingerprint density at radius 3 is 1.22 bits per heavy atom. The van der Waals surface area contributed by atoms with Gasteiger partial charge in [-0.2, -0.15) is 0 Å². The molecule has 0 saturated heterocycles. The van der Waals surface area contributed by atoms with Gasteiger partial charge < -0.3 is 20.3 Å². The first kappa shape index (κ1) is 62.3. The molecule has 1 amide bonds. The van der Waals surface area contributed by atoms with Crippen molar-refractivity contribution in [2.45, 2.75) is 328 Å². The SMILES string of the molecule is CCCCC/C=C\C/C=C\CCCCCCCCCC(CC(=O)NC(CO)C(O)CCCCCCCCCCC)OC(=O)CCCCCCCCCCCCCCCCCCCCC. The second kappa shape index (κ2) is 52.3. The van der Waals surface area contributed by atoms with Gasteiger partial charge in [0.1, 0.15) is 6.10 Å². The van der Waals surface area contributed by atoms with E-state index in [2.05, 4.69) is 50.4 Å². The molecule has 3 atom stereocenters. The van der Waals surface area contributed by atoms with Crippen molar-refractivity contribution < 1.29 is 24.5 Å². The summed E-state index contributed by atoms with van der Waals surface area (Å²) >= 11 is 0. The number of ether oxygens (including phenoxy) is 1. The van der Waals surface area contributed by atoms with E-state index >= 15 is 0 Å². The number of esters is 1. The Kier molecular flexibility index (Phi) is 51.0. The maximum absolute atomic E-state index is 13.2. The quantitative estimate of drug-likeness (QED) is 0.0321. The lowest BCUT2D eigenvalue weighted by molar-refractivity contribution is -0.151. The molecule has 0 aliphatic rings. The van der Waals surface area contributed by atoms with E-state index in [4.69, 9.17) is 4.74 Å². The standard InChI is InChI=1S/C58H111NO5/c1-4-7-10-13-16-19-21-23-25-27-28-30-32-34-36-39-42-45-48-51-58(63)64-54(49-46-43-40-38-35-33-31-29-26-24-22-20-17-14-11-8-5-2)52-57(62)59-55(53-60)56(61)50-47-44-41-37-18-15-12-9-6-3/h17,20,24,26,54-56,60-61H,4-16,18-19,21-23,25,27-53H2,1-3H3,(H,59,62)/b20-17-,26-24-. The highest BCUT2D eigenvalue weighted by molar-refractivity contribution is 5.77. The summed E-state index contributed by atoms with van der Waals surface area (Å²) in [5.74, 6) is -0.463. The minimum atomic E-state index is -0.785. The summed E-state index contributed by atoms with van der Waals surface area (Å²) in [4.78, 5) is 26.2. The number of rotatable bonds is 52. The van der Waals surface area contributed by atoms with Gasteiger partial charge >= 0.3 is 5.97 Å². The molecule has 0 bridgehead atoms. The maximum atomic E-state index is 13.2. The number of carbonyl (C=O) groups excluding carboxylic acids is 2. The number of aliphatic hydroxyl groups is 2. The fraction of sp³-hybridized carbons (Fsp3) is 0.897. The molecule has 0 aromatic rings. The Labute approximate surface area is 399 Å². The third kappa shape index (κ3) is 46.9. The van der Waals surface area contributed by atoms with Crippen molar-refractivity contribution in [3.63, 3.8) is 0 Å². The van der Waals surface area contributed by atoms with E-state index in [9.17, 15) is 19.8 Å². The lowest BCUT2D eigenvalue weighted by atomic mass is 10.0. The fourth-order valence-corrected chi connectivity index (χ4v) is 8.93. The van der Waals surface area contributed by atoms with E-state index in [-0.39, 0.29) is 24.9 Å². The van der Waals surface area contributed by atoms with Gasteiger partial charge in [0.05, 0.1) is 25.2 Å². The summed E-state index contributed by atoms with van der Waals surface area (Å²) in [6, 6.07) is -0.699. The second-order valence-corrected chi connectivity index (χ2v) is 19.7. The Balaban J connectivity index is 4.48. The molecule has 0 radical (unpaired) electrons. The molecule has 0 aromatic heterocycles. The Morgan fingerprint density at radius 1 is 0.453 bits per heavy atom. The van der Waals surface area contributed by atoms with Gasteiger partial charge in [-0.3, -0.25) is 9.59 Å². The maximum Gasteiger partial charge on any atom is 0.306 e. The second-order valence-electron chi connectivity index (χ2n) is 19.7. The van der Waals surface area contributed by atoms with Crippen LogP contribution in [0.25, 0.3) is 0 Å². The topological polar surface area (TPSA) is 95.9 Å². The van der Waals surface area contributed by atoms with Gasteiger partial charge in [0, 0.05) is 6.42 Å². The van der Waals surface area contributed by atoms with Gasteiger partial charge in [-0.05, 0) is 57.8 Å². The number of amides is 1. The molecule has 0 aromatic carbocycles. The lowest BCUT2D eigenvalue weighted by Gasteiger charge is -2.24. The van der Waals surface area contributed by atoms with Crippen LogP contribution in [0.1, 0.15) is 310 Å². The van der Waals surface area contributed by atoms with Gasteiger partial charge in [0.2, 0.25) is 5.91 Å². The van der Waals surface area contributed by atoms with Crippen molar-refractivity contribution >= 4 is 11.9 Å². The van der Waals surface area contributed by atoms with E-state index in [0.717, 1.165) is 70.6 Å². The van der Waals surface area contributed by atoms with Crippen LogP contribution in [-0.4, -0.2) is 46.9 Å². The van der Waals surface area contributed by atoms with Crippen LogP contribution in [-0.2, 0) is 14.3 Å². The minimum absolute atomic E-state index is 0.0777. The first-order valence-corrected chi connectivity index (χ1v) is 28.6. The van der Waals surface area contributed by atoms with E-state index in [0.29, 0.717) is 19.3 Å². The predicted molar refractivity (Wildman–Crippen MR) is 278 cm³/mol. The fourth-order valence-electron chi connectivity index (χ4n) is 8.93. The van der Waals surface area contributed by atoms with Crippen molar-refractivity contribution in [3.05, 3.63) is 24.3 Å². The van der Waals surface area contributed by atoms with Crippen molar-refractivity contribution in [2.24, 2.45) is 0 Å². The van der Waals surface area contributed by atoms with Crippen LogP contribution >= 0.6 is 0 Å². The zero-order valence-corrected chi connectivity index (χ0v) is 43.2. The molecule has 6 nitrogen and oxygen atoms in total. The summed E-state index contributed by atoms with van der Waals surface area (Å²) in [5.41, 5.74) is 0. The summed E-state index contributed by atoms with van der Waals surface area (Å²) < 4.78 is 5.96. The first-order chi connectivity index (χ1) is 31.5. The molecule has 0 rings (SSSR count). The van der Waals surface area contributed by atoms with Crippen molar-refractivity contribution in [1.29, 1.82) is 0 Å². The van der Waals surface area contributed by atoms with Crippen LogP contribution < -0.4 is 5.32 Å². The highest BCUT2D eigenvalue weighted by atomic mass is 16.5. The van der Waals surface area contributed by atoms with E-state index < -0.39 is 18.2 Å². The van der Waals surface area contributed by atoms with Crippen LogP contribution in [0.3, 0.4) is 0 Å². The smallest absolute Gasteiger partial charge is 0.306 e. The van der Waals surface area contributed by atoms with Gasteiger partial charge in [-0.25, -0.2) is 0 Å². The number of carbonyl (C=O) groups is 2. The molecule has 0 aliphatic heterocycles. The summed E-state index contributed by atoms with van der Waals surface area (Å²) in [5, 5.41) is 23.8. The average molecular weight is 903 g/mol. The van der Waals surface area contributed by atoms with E-state index in [1.165, 1.54) is 193 Å². The van der Waals surface area contributed by atoms with Gasteiger partial charge in [-0.15, -0.1) is 0 Å². The van der Waals surface area contributed by atoms with E-state index in [1.807, 2.05) is 0 Å². The lowest BCUT2D eigenvalue weighted by Crippen LogP contribution is -2.46. The zero-order chi connectivity index (χ0) is 46.7. The number of unbranched alkanes of at least 4 members (excludes halogenated alkanes) is 36. The zero-order valence-electron chi connectivity index (χ0n) is 43.2. The highest BCUT2D eigenvalue weighted by Crippen LogP contribution is 2.19. The molecular weight excluding hydrogens is 791 g/mol. The number of nitrogens with one attached hydrogen (secondary N) is 1. The molecule has 0 saturated carbocycles. The van der Waals surface area contributed by atoms with E-state index in [1.54, 1.807) is 0 Å². The van der Waals surface area contributed by atoms with Crippen LogP contribution in [0.2, 0.25) is 0 Å². The molecule has 0 heterocycles. The molecule has 64 heavy (non-hydrogen) atoms. The van der Waals surface area contributed by atoms with Crippen LogP contribution in [0, 0.1) is 0 Å². The van der Waals surface area contributed by atoms with Crippen LogP contribution in [0.15, 0.2) is 24.3 Å². The van der Waals surface area contributed by atoms with Crippen LogP contribution in [0.5, 0.6) is 0 Å². The van der Waals surface area contributed by atoms with Crippen molar-refractivity contribution in [3.8, 4) is 0 Å². The van der Waals surface area contributed by atoms with Crippen LogP contribution in [0.4, 0.5) is 0 Å². The molecule has 0 spiro atoms. The Bertz CT molecular complexity index is 1010. The third-order valence-electron chi connectivity index (χ3n) is 13.3. The first-order valence-electron chi connectivity index (χ1n) is 28.6. The average Bonchev–Trinajstić information content (AvgIpc) is 3.29. The number of allylic oxidation sites excluding steroid dienone is 4. The van der Waals surface area contributed by atoms with Crippen molar-refractivity contribution in [2.75, 3.05) is 6.61 Å². The highest BCUT2D eigenvalue weighted by Gasteiger charge is 2.24. The molecule has 3 N–H and O–H groups in total.